The van der Waals surface area contributed by atoms with Gasteiger partial charge in [0.2, 0.25) is 5.88 Å². The molecule has 0 radical (unpaired) electrons. The lowest BCUT2D eigenvalue weighted by Crippen LogP contribution is -2.38. The molecule has 1 unspecified atom stereocenters. The van der Waals surface area contributed by atoms with E-state index in [-0.39, 0.29) is 6.10 Å². The summed E-state index contributed by atoms with van der Waals surface area (Å²) in [4.78, 5) is 6.67. The van der Waals surface area contributed by atoms with Crippen molar-refractivity contribution in [1.29, 1.82) is 0 Å². The monoisotopic (exact) mass is 436 g/mol. The van der Waals surface area contributed by atoms with Gasteiger partial charge in [-0.25, -0.2) is 4.98 Å². The number of pyridine rings is 1. The molecule has 1 heterocycles. The first-order valence-corrected chi connectivity index (χ1v) is 10.8. The van der Waals surface area contributed by atoms with E-state index < -0.39 is 0 Å². The maximum absolute atomic E-state index is 6.18. The largest absolute Gasteiger partial charge is 0.497 e. The van der Waals surface area contributed by atoms with Crippen molar-refractivity contribution < 1.29 is 18.9 Å². The molecule has 1 atom stereocenters. The molecule has 1 aromatic heterocycles. The van der Waals surface area contributed by atoms with Crippen LogP contribution in [0.1, 0.15) is 18.1 Å². The standard InChI is InChI=1S/C26H32N2O4/c1-4-31-20-25(32-26-7-5-6-16-27-26)19-28(17-21-8-12-23(29-2)13-9-21)18-22-10-14-24(30-3)15-11-22/h5-16,25H,4,17-20H2,1-3H3. The summed E-state index contributed by atoms with van der Waals surface area (Å²) in [5.74, 6) is 2.30. The van der Waals surface area contributed by atoms with Crippen molar-refractivity contribution in [3.63, 3.8) is 0 Å². The Kier molecular flexibility index (Phi) is 9.35. The van der Waals surface area contributed by atoms with Crippen LogP contribution in [0.2, 0.25) is 0 Å². The van der Waals surface area contributed by atoms with Crippen molar-refractivity contribution in [1.82, 2.24) is 9.88 Å². The molecule has 0 N–H and O–H groups in total. The van der Waals surface area contributed by atoms with Gasteiger partial charge < -0.3 is 18.9 Å². The molecule has 0 aliphatic rings. The minimum atomic E-state index is -0.152. The first-order chi connectivity index (χ1) is 15.7. The van der Waals surface area contributed by atoms with Crippen LogP contribution in [-0.2, 0) is 17.8 Å². The lowest BCUT2D eigenvalue weighted by atomic mass is 10.1. The molecule has 0 fully saturated rings. The summed E-state index contributed by atoms with van der Waals surface area (Å²) < 4.78 is 22.5. The molecule has 0 aliphatic heterocycles. The van der Waals surface area contributed by atoms with E-state index in [0.717, 1.165) is 24.6 Å². The highest BCUT2D eigenvalue weighted by molar-refractivity contribution is 5.28. The number of methoxy groups -OCH3 is 2. The summed E-state index contributed by atoms with van der Waals surface area (Å²) in [7, 11) is 3.36. The number of hydrogen-bond donors (Lipinski definition) is 0. The highest BCUT2D eigenvalue weighted by Crippen LogP contribution is 2.18. The fraction of sp³-hybridized carbons (Fsp3) is 0.346. The number of aromatic nitrogens is 1. The van der Waals surface area contributed by atoms with Gasteiger partial charge in [0.15, 0.2) is 0 Å². The predicted octanol–water partition coefficient (Wildman–Crippen LogP) is 4.59. The highest BCUT2D eigenvalue weighted by atomic mass is 16.5. The number of ether oxygens (including phenoxy) is 4. The maximum Gasteiger partial charge on any atom is 0.213 e. The molecule has 0 spiro atoms. The van der Waals surface area contributed by atoms with E-state index in [0.29, 0.717) is 25.6 Å². The summed E-state index contributed by atoms with van der Waals surface area (Å²) in [6.07, 6.45) is 1.58. The second kappa shape index (κ2) is 12.7. The van der Waals surface area contributed by atoms with Crippen LogP contribution < -0.4 is 14.2 Å². The number of nitrogens with zero attached hydrogens (tertiary/aromatic N) is 2. The maximum atomic E-state index is 6.18. The average molecular weight is 437 g/mol. The third kappa shape index (κ3) is 7.55. The molecule has 2 aromatic carbocycles. The van der Waals surface area contributed by atoms with Crippen LogP contribution in [0.4, 0.5) is 0 Å². The number of benzene rings is 2. The molecule has 0 aliphatic carbocycles. The second-order valence-corrected chi connectivity index (χ2v) is 7.43. The first-order valence-electron chi connectivity index (χ1n) is 10.8. The van der Waals surface area contributed by atoms with Gasteiger partial charge in [-0.2, -0.15) is 0 Å². The van der Waals surface area contributed by atoms with Gasteiger partial charge in [-0.1, -0.05) is 30.3 Å². The van der Waals surface area contributed by atoms with Crippen molar-refractivity contribution in [2.24, 2.45) is 0 Å². The lowest BCUT2D eigenvalue weighted by Gasteiger charge is -2.28. The average Bonchev–Trinajstić information content (AvgIpc) is 2.84. The summed E-state index contributed by atoms with van der Waals surface area (Å²) in [5, 5.41) is 0. The van der Waals surface area contributed by atoms with E-state index in [4.69, 9.17) is 18.9 Å². The molecular weight excluding hydrogens is 404 g/mol. The zero-order valence-corrected chi connectivity index (χ0v) is 19.1. The van der Waals surface area contributed by atoms with E-state index in [1.165, 1.54) is 11.1 Å². The Labute approximate surface area is 190 Å². The van der Waals surface area contributed by atoms with Crippen molar-refractivity contribution in [3.8, 4) is 17.4 Å². The molecule has 3 rings (SSSR count). The molecule has 0 bridgehead atoms. The van der Waals surface area contributed by atoms with Crippen molar-refractivity contribution in [2.45, 2.75) is 26.1 Å². The Morgan fingerprint density at radius 1 is 0.812 bits per heavy atom. The number of rotatable bonds is 13. The first kappa shape index (κ1) is 23.6. The van der Waals surface area contributed by atoms with Gasteiger partial charge in [0.25, 0.3) is 0 Å². The van der Waals surface area contributed by atoms with Gasteiger partial charge in [0.05, 0.1) is 20.8 Å². The van der Waals surface area contributed by atoms with Crippen LogP contribution in [0, 0.1) is 0 Å². The van der Waals surface area contributed by atoms with Crippen LogP contribution in [-0.4, -0.2) is 50.0 Å². The van der Waals surface area contributed by atoms with Crippen LogP contribution >= 0.6 is 0 Å². The van der Waals surface area contributed by atoms with Gasteiger partial charge in [-0.15, -0.1) is 0 Å². The van der Waals surface area contributed by atoms with Gasteiger partial charge in [-0.3, -0.25) is 4.90 Å². The van der Waals surface area contributed by atoms with Crippen LogP contribution in [0.25, 0.3) is 0 Å². The summed E-state index contributed by atoms with van der Waals surface area (Å²) in [5.41, 5.74) is 2.40. The zero-order valence-electron chi connectivity index (χ0n) is 19.1. The van der Waals surface area contributed by atoms with Crippen LogP contribution in [0.5, 0.6) is 17.4 Å². The SMILES string of the molecule is CCOCC(CN(Cc1ccc(OC)cc1)Cc1ccc(OC)cc1)Oc1ccccn1. The Morgan fingerprint density at radius 2 is 1.41 bits per heavy atom. The Hall–Kier alpha value is -3.09. The predicted molar refractivity (Wildman–Crippen MR) is 125 cm³/mol. The van der Waals surface area contributed by atoms with Gasteiger partial charge in [-0.05, 0) is 48.4 Å². The van der Waals surface area contributed by atoms with E-state index in [1.54, 1.807) is 20.4 Å². The van der Waals surface area contributed by atoms with Crippen molar-refractivity contribution >= 4 is 0 Å². The molecule has 0 saturated carbocycles. The smallest absolute Gasteiger partial charge is 0.213 e. The summed E-state index contributed by atoms with van der Waals surface area (Å²) in [6.45, 7) is 5.35. The third-order valence-corrected chi connectivity index (χ3v) is 5.03. The van der Waals surface area contributed by atoms with Crippen molar-refractivity contribution in [3.05, 3.63) is 84.1 Å². The van der Waals surface area contributed by atoms with Gasteiger partial charge in [0.1, 0.15) is 17.6 Å². The Balaban J connectivity index is 1.76. The number of hydrogen-bond acceptors (Lipinski definition) is 6. The molecular formula is C26H32N2O4. The van der Waals surface area contributed by atoms with Gasteiger partial charge >= 0.3 is 0 Å². The van der Waals surface area contributed by atoms with E-state index in [9.17, 15) is 0 Å². The van der Waals surface area contributed by atoms with E-state index >= 15 is 0 Å². The summed E-state index contributed by atoms with van der Waals surface area (Å²) in [6, 6.07) is 22.0. The minimum Gasteiger partial charge on any atom is -0.497 e. The Bertz CT molecular complexity index is 852. The fourth-order valence-electron chi connectivity index (χ4n) is 3.41. The molecule has 32 heavy (non-hydrogen) atoms. The van der Waals surface area contributed by atoms with E-state index in [1.807, 2.05) is 49.4 Å². The summed E-state index contributed by atoms with van der Waals surface area (Å²) >= 11 is 0. The second-order valence-electron chi connectivity index (χ2n) is 7.43. The Morgan fingerprint density at radius 3 is 1.88 bits per heavy atom. The molecule has 0 amide bonds. The highest BCUT2D eigenvalue weighted by Gasteiger charge is 2.18. The quantitative estimate of drug-likeness (QED) is 0.391. The molecule has 6 nitrogen and oxygen atoms in total. The van der Waals surface area contributed by atoms with Crippen LogP contribution in [0.15, 0.2) is 72.9 Å². The third-order valence-electron chi connectivity index (χ3n) is 5.03. The van der Waals surface area contributed by atoms with Crippen LogP contribution in [0.3, 0.4) is 0 Å². The van der Waals surface area contributed by atoms with E-state index in [2.05, 4.69) is 34.1 Å². The lowest BCUT2D eigenvalue weighted by molar-refractivity contribution is 0.0294. The molecule has 3 aromatic rings. The normalized spacial score (nSPS) is 11.9. The molecule has 6 heteroatoms. The minimum absolute atomic E-state index is 0.152. The fourth-order valence-corrected chi connectivity index (χ4v) is 3.41. The zero-order chi connectivity index (χ0) is 22.6. The topological polar surface area (TPSA) is 53.1 Å². The molecule has 170 valence electrons. The van der Waals surface area contributed by atoms with Crippen molar-refractivity contribution in [2.75, 3.05) is 34.0 Å². The molecule has 0 saturated heterocycles. The van der Waals surface area contributed by atoms with Gasteiger partial charge in [0, 0.05) is 38.5 Å².